The molecule has 3 N–H and O–H groups in total. The Morgan fingerprint density at radius 1 is 1.33 bits per heavy atom. The van der Waals surface area contributed by atoms with E-state index in [2.05, 4.69) is 0 Å². The number of alkyl halides is 3. The maximum absolute atomic E-state index is 12.5. The van der Waals surface area contributed by atoms with Gasteiger partial charge in [0.25, 0.3) is 0 Å². The minimum Gasteiger partial charge on any atom is -0.492 e. The van der Waals surface area contributed by atoms with Gasteiger partial charge in [-0.3, -0.25) is 5.41 Å². The smallest absolute Gasteiger partial charge is 0.401 e. The Kier molecular flexibility index (Phi) is 4.21. The fourth-order valence-electron chi connectivity index (χ4n) is 1.34. The van der Waals surface area contributed by atoms with E-state index in [1.807, 2.05) is 13.8 Å². The number of rotatable bonds is 4. The number of amidine groups is 1. The Morgan fingerprint density at radius 3 is 2.39 bits per heavy atom. The molecule has 0 saturated carbocycles. The Morgan fingerprint density at radius 2 is 1.94 bits per heavy atom. The van der Waals surface area contributed by atoms with Crippen LogP contribution in [0.15, 0.2) is 18.2 Å². The van der Waals surface area contributed by atoms with Crippen LogP contribution in [0.1, 0.15) is 11.1 Å². The van der Waals surface area contributed by atoms with E-state index >= 15 is 0 Å². The van der Waals surface area contributed by atoms with Crippen molar-refractivity contribution in [2.24, 2.45) is 11.7 Å². The fraction of sp³-hybridized carbons (Fsp3) is 0.417. The summed E-state index contributed by atoms with van der Waals surface area (Å²) >= 11 is 0. The lowest BCUT2D eigenvalue weighted by Crippen LogP contribution is -2.39. The summed E-state index contributed by atoms with van der Waals surface area (Å²) in [7, 11) is 0. The number of halogens is 3. The van der Waals surface area contributed by atoms with Crippen molar-refractivity contribution >= 4 is 5.84 Å². The third-order valence-corrected chi connectivity index (χ3v) is 2.67. The van der Waals surface area contributed by atoms with Crippen LogP contribution in [0, 0.1) is 25.2 Å². The zero-order valence-electron chi connectivity index (χ0n) is 10.1. The minimum absolute atomic E-state index is 0.341. The zero-order valence-corrected chi connectivity index (χ0v) is 10.1. The quantitative estimate of drug-likeness (QED) is 0.646. The van der Waals surface area contributed by atoms with Gasteiger partial charge in [0, 0.05) is 0 Å². The Bertz CT molecular complexity index is 443. The molecule has 0 spiro atoms. The van der Waals surface area contributed by atoms with Crippen molar-refractivity contribution in [3.8, 4) is 5.75 Å². The van der Waals surface area contributed by atoms with E-state index in [1.165, 1.54) is 0 Å². The Labute approximate surface area is 103 Å². The van der Waals surface area contributed by atoms with E-state index in [0.717, 1.165) is 11.1 Å². The van der Waals surface area contributed by atoms with Crippen LogP contribution in [0.4, 0.5) is 13.2 Å². The molecule has 1 unspecified atom stereocenters. The van der Waals surface area contributed by atoms with Gasteiger partial charge in [-0.15, -0.1) is 0 Å². The molecule has 0 saturated heterocycles. The number of ether oxygens (including phenoxy) is 1. The van der Waals surface area contributed by atoms with Crippen molar-refractivity contribution < 1.29 is 17.9 Å². The molecule has 0 amide bonds. The molecular formula is C12H15F3N2O. The van der Waals surface area contributed by atoms with Crippen LogP contribution in [-0.4, -0.2) is 18.6 Å². The first-order valence-corrected chi connectivity index (χ1v) is 5.32. The second-order valence-electron chi connectivity index (χ2n) is 4.11. The summed E-state index contributed by atoms with van der Waals surface area (Å²) < 4.78 is 42.6. The molecular weight excluding hydrogens is 245 g/mol. The van der Waals surface area contributed by atoms with Crippen LogP contribution in [-0.2, 0) is 0 Å². The maximum atomic E-state index is 12.5. The standard InChI is InChI=1S/C12H15F3N2O/c1-7-3-4-9(5-8(7)2)18-6-10(11(16)17)12(13,14)15/h3-5,10H,6H2,1-2H3,(H3,16,17). The van der Waals surface area contributed by atoms with Crippen molar-refractivity contribution in [3.05, 3.63) is 29.3 Å². The molecule has 0 aliphatic carbocycles. The van der Waals surface area contributed by atoms with Crippen molar-refractivity contribution in [3.63, 3.8) is 0 Å². The monoisotopic (exact) mass is 260 g/mol. The average Bonchev–Trinajstić information content (AvgIpc) is 2.21. The first kappa shape index (κ1) is 14.3. The highest BCUT2D eigenvalue weighted by Crippen LogP contribution is 2.27. The SMILES string of the molecule is Cc1ccc(OCC(C(=N)N)C(F)(F)F)cc1C. The second-order valence-corrected chi connectivity index (χ2v) is 4.11. The predicted octanol–water partition coefficient (Wildman–Crippen LogP) is 2.80. The van der Waals surface area contributed by atoms with Crippen LogP contribution in [0.5, 0.6) is 5.75 Å². The molecule has 1 atom stereocenters. The van der Waals surface area contributed by atoms with Gasteiger partial charge in [-0.1, -0.05) is 6.07 Å². The molecule has 100 valence electrons. The largest absolute Gasteiger partial charge is 0.492 e. The molecule has 0 aromatic heterocycles. The van der Waals surface area contributed by atoms with Crippen LogP contribution in [0.2, 0.25) is 0 Å². The van der Waals surface area contributed by atoms with E-state index in [0.29, 0.717) is 5.75 Å². The molecule has 0 aliphatic heterocycles. The van der Waals surface area contributed by atoms with Crippen LogP contribution >= 0.6 is 0 Å². The average molecular weight is 260 g/mol. The van der Waals surface area contributed by atoms with Crippen LogP contribution in [0.25, 0.3) is 0 Å². The molecule has 3 nitrogen and oxygen atoms in total. The van der Waals surface area contributed by atoms with Gasteiger partial charge in [-0.2, -0.15) is 13.2 Å². The minimum atomic E-state index is -4.56. The maximum Gasteiger partial charge on any atom is 0.401 e. The highest BCUT2D eigenvalue weighted by molar-refractivity contribution is 5.80. The van der Waals surface area contributed by atoms with Gasteiger partial charge < -0.3 is 10.5 Å². The number of nitrogens with two attached hydrogens (primary N) is 1. The topological polar surface area (TPSA) is 59.1 Å². The normalized spacial score (nSPS) is 13.2. The van der Waals surface area contributed by atoms with Gasteiger partial charge in [0.2, 0.25) is 0 Å². The van der Waals surface area contributed by atoms with Crippen molar-refractivity contribution in [1.29, 1.82) is 5.41 Å². The summed E-state index contributed by atoms with van der Waals surface area (Å²) in [6, 6.07) is 5.01. The summed E-state index contributed by atoms with van der Waals surface area (Å²) in [5.41, 5.74) is 6.88. The summed E-state index contributed by atoms with van der Waals surface area (Å²) in [5.74, 6) is -2.67. The van der Waals surface area contributed by atoms with E-state index in [1.54, 1.807) is 18.2 Å². The molecule has 0 bridgehead atoms. The molecule has 0 fully saturated rings. The van der Waals surface area contributed by atoms with E-state index in [4.69, 9.17) is 15.9 Å². The van der Waals surface area contributed by atoms with Gasteiger partial charge in [0.05, 0.1) is 0 Å². The summed E-state index contributed by atoms with van der Waals surface area (Å²) in [5, 5.41) is 6.93. The highest BCUT2D eigenvalue weighted by Gasteiger charge is 2.42. The van der Waals surface area contributed by atoms with Gasteiger partial charge in [0.1, 0.15) is 24.1 Å². The number of hydrogen-bond donors (Lipinski definition) is 2. The lowest BCUT2D eigenvalue weighted by atomic mass is 10.1. The van der Waals surface area contributed by atoms with E-state index in [9.17, 15) is 13.2 Å². The molecule has 0 heterocycles. The lowest BCUT2D eigenvalue weighted by molar-refractivity contribution is -0.162. The molecule has 0 radical (unpaired) electrons. The number of hydrogen-bond acceptors (Lipinski definition) is 2. The van der Waals surface area contributed by atoms with Crippen LogP contribution < -0.4 is 10.5 Å². The van der Waals surface area contributed by atoms with Gasteiger partial charge in [-0.25, -0.2) is 0 Å². The summed E-state index contributed by atoms with van der Waals surface area (Å²) in [4.78, 5) is 0. The number of aryl methyl sites for hydroxylation is 2. The zero-order chi connectivity index (χ0) is 13.9. The molecule has 0 aliphatic rings. The van der Waals surface area contributed by atoms with Crippen molar-refractivity contribution in [2.45, 2.75) is 20.0 Å². The van der Waals surface area contributed by atoms with Gasteiger partial charge >= 0.3 is 6.18 Å². The predicted molar refractivity (Wildman–Crippen MR) is 62.9 cm³/mol. The molecule has 6 heteroatoms. The lowest BCUT2D eigenvalue weighted by Gasteiger charge is -2.19. The van der Waals surface area contributed by atoms with Crippen molar-refractivity contribution in [1.82, 2.24) is 0 Å². The van der Waals surface area contributed by atoms with Gasteiger partial charge in [-0.05, 0) is 37.1 Å². The number of nitrogens with one attached hydrogen (secondary N) is 1. The Balaban J connectivity index is 2.73. The summed E-state index contributed by atoms with van der Waals surface area (Å²) in [6.45, 7) is 3.06. The fourth-order valence-corrected chi connectivity index (χ4v) is 1.34. The van der Waals surface area contributed by atoms with Crippen LogP contribution in [0.3, 0.4) is 0 Å². The second kappa shape index (κ2) is 5.29. The Hall–Kier alpha value is -1.72. The molecule has 1 rings (SSSR count). The van der Waals surface area contributed by atoms with Gasteiger partial charge in [0.15, 0.2) is 0 Å². The number of benzene rings is 1. The highest BCUT2D eigenvalue weighted by atomic mass is 19.4. The first-order valence-electron chi connectivity index (χ1n) is 5.32. The van der Waals surface area contributed by atoms with E-state index in [-0.39, 0.29) is 0 Å². The van der Waals surface area contributed by atoms with E-state index < -0.39 is 24.5 Å². The molecule has 18 heavy (non-hydrogen) atoms. The first-order chi connectivity index (χ1) is 8.21. The molecule has 1 aromatic carbocycles. The third kappa shape index (κ3) is 3.65. The third-order valence-electron chi connectivity index (χ3n) is 2.67. The summed E-state index contributed by atoms with van der Waals surface area (Å²) in [6.07, 6.45) is -4.56. The molecule has 1 aromatic rings. The van der Waals surface area contributed by atoms with Crippen molar-refractivity contribution in [2.75, 3.05) is 6.61 Å².